The van der Waals surface area contributed by atoms with E-state index in [0.29, 0.717) is 25.6 Å². The minimum atomic E-state index is 0.00820. The van der Waals surface area contributed by atoms with Crippen LogP contribution in [0, 0.1) is 0 Å². The molecule has 7 heteroatoms. The lowest BCUT2D eigenvalue weighted by Gasteiger charge is -2.32. The number of nitrogens with zero attached hydrogens (tertiary/aromatic N) is 3. The molecule has 1 saturated heterocycles. The van der Waals surface area contributed by atoms with Crippen molar-refractivity contribution in [3.63, 3.8) is 0 Å². The molecule has 1 aromatic carbocycles. The third-order valence-electron chi connectivity index (χ3n) is 7.37. The lowest BCUT2D eigenvalue weighted by Crippen LogP contribution is -2.41. The first-order valence-corrected chi connectivity index (χ1v) is 11.9. The van der Waals surface area contributed by atoms with Gasteiger partial charge in [0.05, 0.1) is 24.8 Å². The molecule has 3 heterocycles. The molecule has 1 aliphatic carbocycles. The predicted molar refractivity (Wildman–Crippen MR) is 122 cm³/mol. The molecule has 0 radical (unpaired) electrons. The van der Waals surface area contributed by atoms with Crippen molar-refractivity contribution >= 4 is 5.91 Å². The molecule has 2 aliphatic heterocycles. The molecule has 1 aromatic heterocycles. The number of rotatable bonds is 5. The fraction of sp³-hybridized carbons (Fsp3) is 0.560. The van der Waals surface area contributed by atoms with Crippen molar-refractivity contribution in [1.29, 1.82) is 0 Å². The van der Waals surface area contributed by atoms with Crippen molar-refractivity contribution in [2.24, 2.45) is 0 Å². The molecule has 1 amide bonds. The van der Waals surface area contributed by atoms with Crippen LogP contribution >= 0.6 is 0 Å². The van der Waals surface area contributed by atoms with Crippen LogP contribution in [0.1, 0.15) is 60.7 Å². The van der Waals surface area contributed by atoms with Crippen molar-refractivity contribution in [3.05, 3.63) is 57.3 Å². The number of nitrogens with one attached hydrogen (secondary N) is 1. The normalized spacial score (nSPS) is 21.7. The number of carbonyl (C=O) groups is 1. The Bertz CT molecular complexity index is 1040. The number of hydrogen-bond donors (Lipinski definition) is 1. The standard InChI is InChI=1S/C25H32N4O3/c1-32-20-8-4-5-17(13-20)14-23(30)29-11-9-18(15-29)24-26-22-10-12-28(19-6-2-3-7-19)16-21(22)25(31)27-24/h4-5,8,13,18-19H,2-3,6-7,9-12,14-16H2,1H3,(H,26,27,31)/t18-/m1/s1. The summed E-state index contributed by atoms with van der Waals surface area (Å²) in [6.45, 7) is 3.02. The van der Waals surface area contributed by atoms with Gasteiger partial charge in [0, 0.05) is 44.6 Å². The Kier molecular flexibility index (Phi) is 6.00. The van der Waals surface area contributed by atoms with E-state index in [1.54, 1.807) is 7.11 Å². The Balaban J connectivity index is 1.25. The highest BCUT2D eigenvalue weighted by molar-refractivity contribution is 5.79. The Morgan fingerprint density at radius 2 is 2.06 bits per heavy atom. The van der Waals surface area contributed by atoms with Crippen molar-refractivity contribution in [1.82, 2.24) is 19.8 Å². The maximum atomic E-state index is 12.9. The quantitative estimate of drug-likeness (QED) is 0.780. The molecule has 170 valence electrons. The second-order valence-corrected chi connectivity index (χ2v) is 9.39. The SMILES string of the molecule is COc1cccc(CC(=O)N2CC[C@@H](c3nc4c(c(=O)[nH]3)CN(C3CCCC3)CC4)C2)c1. The van der Waals surface area contributed by atoms with E-state index in [1.165, 1.54) is 25.7 Å². The van der Waals surface area contributed by atoms with Crippen LogP contribution < -0.4 is 10.3 Å². The first-order valence-electron chi connectivity index (χ1n) is 11.9. The minimum Gasteiger partial charge on any atom is -0.497 e. The largest absolute Gasteiger partial charge is 0.497 e. The third kappa shape index (κ3) is 4.31. The summed E-state index contributed by atoms with van der Waals surface area (Å²) < 4.78 is 5.26. The highest BCUT2D eigenvalue weighted by atomic mass is 16.5. The van der Waals surface area contributed by atoms with Crippen LogP contribution in [0.5, 0.6) is 5.75 Å². The number of carbonyl (C=O) groups excluding carboxylic acids is 1. The molecule has 0 unspecified atom stereocenters. The number of hydrogen-bond acceptors (Lipinski definition) is 5. The van der Waals surface area contributed by atoms with Crippen molar-refractivity contribution in [3.8, 4) is 5.75 Å². The molecule has 3 aliphatic rings. The monoisotopic (exact) mass is 436 g/mol. The van der Waals surface area contributed by atoms with Crippen LogP contribution in [0.15, 0.2) is 29.1 Å². The number of H-pyrrole nitrogens is 1. The van der Waals surface area contributed by atoms with Gasteiger partial charge in [0.15, 0.2) is 0 Å². The van der Waals surface area contributed by atoms with Gasteiger partial charge < -0.3 is 14.6 Å². The first kappa shape index (κ1) is 21.2. The van der Waals surface area contributed by atoms with Gasteiger partial charge in [-0.05, 0) is 37.0 Å². The fourth-order valence-electron chi connectivity index (χ4n) is 5.52. The van der Waals surface area contributed by atoms with Crippen LogP contribution in [-0.2, 0) is 24.2 Å². The molecule has 1 atom stereocenters. The van der Waals surface area contributed by atoms with Crippen LogP contribution in [0.25, 0.3) is 0 Å². The summed E-state index contributed by atoms with van der Waals surface area (Å²) in [5.74, 6) is 1.71. The summed E-state index contributed by atoms with van der Waals surface area (Å²) in [4.78, 5) is 38.1. The molecular formula is C25H32N4O3. The smallest absolute Gasteiger partial charge is 0.255 e. The number of methoxy groups -OCH3 is 1. The van der Waals surface area contributed by atoms with E-state index in [2.05, 4.69) is 9.88 Å². The van der Waals surface area contributed by atoms with Crippen LogP contribution in [0.2, 0.25) is 0 Å². The molecule has 1 N–H and O–H groups in total. The van der Waals surface area contributed by atoms with E-state index >= 15 is 0 Å². The average Bonchev–Trinajstić information content (AvgIpc) is 3.52. The highest BCUT2D eigenvalue weighted by Gasteiger charge is 2.32. The molecule has 0 bridgehead atoms. The van der Waals surface area contributed by atoms with E-state index in [9.17, 15) is 9.59 Å². The number of amides is 1. The lowest BCUT2D eigenvalue weighted by atomic mass is 10.0. The number of ether oxygens (including phenoxy) is 1. The van der Waals surface area contributed by atoms with Gasteiger partial charge in [0.2, 0.25) is 5.91 Å². The summed E-state index contributed by atoms with van der Waals surface area (Å²) in [6.07, 6.45) is 7.14. The summed E-state index contributed by atoms with van der Waals surface area (Å²) in [6, 6.07) is 8.27. The van der Waals surface area contributed by atoms with Gasteiger partial charge in [-0.2, -0.15) is 0 Å². The van der Waals surface area contributed by atoms with Gasteiger partial charge in [-0.25, -0.2) is 4.98 Å². The maximum absolute atomic E-state index is 12.9. The minimum absolute atomic E-state index is 0.00820. The summed E-state index contributed by atoms with van der Waals surface area (Å²) in [5, 5.41) is 0. The summed E-state index contributed by atoms with van der Waals surface area (Å²) in [5.41, 5.74) is 2.76. The van der Waals surface area contributed by atoms with Crippen LogP contribution in [0.4, 0.5) is 0 Å². The highest BCUT2D eigenvalue weighted by Crippen LogP contribution is 2.29. The molecule has 2 fully saturated rings. The van der Waals surface area contributed by atoms with E-state index in [0.717, 1.165) is 54.3 Å². The van der Waals surface area contributed by atoms with Gasteiger partial charge in [-0.3, -0.25) is 14.5 Å². The number of aromatic nitrogens is 2. The molecule has 7 nitrogen and oxygen atoms in total. The zero-order chi connectivity index (χ0) is 22.1. The number of aromatic amines is 1. The van der Waals surface area contributed by atoms with E-state index in [4.69, 9.17) is 9.72 Å². The Morgan fingerprint density at radius 1 is 1.22 bits per heavy atom. The maximum Gasteiger partial charge on any atom is 0.255 e. The van der Waals surface area contributed by atoms with Crippen molar-refractivity contribution in [2.45, 2.75) is 63.5 Å². The van der Waals surface area contributed by atoms with E-state index in [1.807, 2.05) is 29.2 Å². The van der Waals surface area contributed by atoms with Crippen molar-refractivity contribution < 1.29 is 9.53 Å². The van der Waals surface area contributed by atoms with Gasteiger partial charge in [-0.1, -0.05) is 25.0 Å². The van der Waals surface area contributed by atoms with Crippen LogP contribution in [0.3, 0.4) is 0 Å². The predicted octanol–water partition coefficient (Wildman–Crippen LogP) is 2.64. The average molecular weight is 437 g/mol. The molecular weight excluding hydrogens is 404 g/mol. The number of fused-ring (bicyclic) bond motifs is 1. The second kappa shape index (κ2) is 9.06. The van der Waals surface area contributed by atoms with Gasteiger partial charge >= 0.3 is 0 Å². The summed E-state index contributed by atoms with van der Waals surface area (Å²) in [7, 11) is 1.63. The Morgan fingerprint density at radius 3 is 2.88 bits per heavy atom. The zero-order valence-corrected chi connectivity index (χ0v) is 18.8. The van der Waals surface area contributed by atoms with Crippen LogP contribution in [-0.4, -0.2) is 58.5 Å². The van der Waals surface area contributed by atoms with Gasteiger partial charge in [-0.15, -0.1) is 0 Å². The van der Waals surface area contributed by atoms with E-state index < -0.39 is 0 Å². The third-order valence-corrected chi connectivity index (χ3v) is 7.37. The first-order chi connectivity index (χ1) is 15.6. The molecule has 0 spiro atoms. The topological polar surface area (TPSA) is 78.5 Å². The zero-order valence-electron chi connectivity index (χ0n) is 18.8. The fourth-order valence-corrected chi connectivity index (χ4v) is 5.52. The van der Waals surface area contributed by atoms with Crippen molar-refractivity contribution in [2.75, 3.05) is 26.7 Å². The van der Waals surface area contributed by atoms with Gasteiger partial charge in [0.1, 0.15) is 11.6 Å². The Labute approximate surface area is 188 Å². The summed E-state index contributed by atoms with van der Waals surface area (Å²) >= 11 is 0. The second-order valence-electron chi connectivity index (χ2n) is 9.39. The number of benzene rings is 1. The molecule has 2 aromatic rings. The molecule has 1 saturated carbocycles. The lowest BCUT2D eigenvalue weighted by molar-refractivity contribution is -0.129. The molecule has 32 heavy (non-hydrogen) atoms. The van der Waals surface area contributed by atoms with E-state index in [-0.39, 0.29) is 17.4 Å². The number of likely N-dealkylation sites (tertiary alicyclic amines) is 1. The Hall–Kier alpha value is -2.67. The van der Waals surface area contributed by atoms with Gasteiger partial charge in [0.25, 0.3) is 5.56 Å². The molecule has 5 rings (SSSR count).